The summed E-state index contributed by atoms with van der Waals surface area (Å²) in [7, 11) is 0. The molecule has 4 heteroatoms. The first kappa shape index (κ1) is 6.39. The maximum Gasteiger partial charge on any atom is 0.337 e. The Morgan fingerprint density at radius 2 is 2.09 bits per heavy atom. The number of hydrogen-bond donors (Lipinski definition) is 0. The summed E-state index contributed by atoms with van der Waals surface area (Å²) < 4.78 is 9.57. The van der Waals surface area contributed by atoms with Crippen LogP contribution >= 0.6 is 0 Å². The van der Waals surface area contributed by atoms with Crippen LogP contribution in [0.5, 0.6) is 0 Å². The molecule has 0 aliphatic carbocycles. The minimum absolute atomic E-state index is 0.162. The van der Waals surface area contributed by atoms with Crippen LogP contribution in [0, 0.1) is 0 Å². The number of ether oxygens (including phenoxy) is 2. The second-order valence-electron chi connectivity index (χ2n) is 2.58. The standard InChI is InChI=1S/C7H6O4/c1-3-6-4(10-7(3)9)2-5(8)11-6/h4,6H,1-2H2. The van der Waals surface area contributed by atoms with Gasteiger partial charge in [0.2, 0.25) is 0 Å². The van der Waals surface area contributed by atoms with E-state index in [0.29, 0.717) is 0 Å². The average molecular weight is 154 g/mol. The molecule has 2 aliphatic rings. The van der Waals surface area contributed by atoms with Gasteiger partial charge in [0, 0.05) is 0 Å². The van der Waals surface area contributed by atoms with Gasteiger partial charge in [-0.3, -0.25) is 4.79 Å². The van der Waals surface area contributed by atoms with E-state index >= 15 is 0 Å². The van der Waals surface area contributed by atoms with Crippen molar-refractivity contribution in [1.29, 1.82) is 0 Å². The lowest BCUT2D eigenvalue weighted by Crippen LogP contribution is -2.15. The molecular weight excluding hydrogens is 148 g/mol. The third-order valence-electron chi connectivity index (χ3n) is 1.83. The highest BCUT2D eigenvalue weighted by molar-refractivity contribution is 5.93. The number of carbonyl (C=O) groups excluding carboxylic acids is 2. The van der Waals surface area contributed by atoms with Gasteiger partial charge in [-0.05, 0) is 0 Å². The predicted octanol–water partition coefficient (Wildman–Crippen LogP) is -0.217. The minimum Gasteiger partial charge on any atom is -0.454 e. The van der Waals surface area contributed by atoms with Gasteiger partial charge >= 0.3 is 11.9 Å². The molecule has 2 fully saturated rings. The van der Waals surface area contributed by atoms with Crippen LogP contribution in [0.2, 0.25) is 0 Å². The third-order valence-corrected chi connectivity index (χ3v) is 1.83. The normalized spacial score (nSPS) is 35.1. The smallest absolute Gasteiger partial charge is 0.337 e. The molecule has 0 aromatic carbocycles. The van der Waals surface area contributed by atoms with Crippen LogP contribution in [0.15, 0.2) is 12.2 Å². The molecule has 2 atom stereocenters. The molecule has 0 aromatic heterocycles. The number of fused-ring (bicyclic) bond motifs is 1. The molecule has 2 rings (SSSR count). The minimum atomic E-state index is -0.519. The van der Waals surface area contributed by atoms with Gasteiger partial charge in [-0.1, -0.05) is 6.58 Å². The summed E-state index contributed by atoms with van der Waals surface area (Å²) >= 11 is 0. The molecule has 0 radical (unpaired) electrons. The maximum absolute atomic E-state index is 10.8. The number of esters is 2. The molecule has 0 aromatic rings. The summed E-state index contributed by atoms with van der Waals surface area (Å²) in [5.41, 5.74) is 0.251. The SMILES string of the molecule is C=C1C(=O)OC2CC(=O)OC12. The Morgan fingerprint density at radius 1 is 1.36 bits per heavy atom. The summed E-state index contributed by atoms with van der Waals surface area (Å²) in [5, 5.41) is 0. The number of rotatable bonds is 0. The van der Waals surface area contributed by atoms with Crippen LogP contribution in [0.25, 0.3) is 0 Å². The number of hydrogen-bond acceptors (Lipinski definition) is 4. The Bertz CT molecular complexity index is 255. The van der Waals surface area contributed by atoms with Gasteiger partial charge in [0.15, 0.2) is 12.2 Å². The zero-order chi connectivity index (χ0) is 8.01. The van der Waals surface area contributed by atoms with Crippen molar-refractivity contribution in [2.75, 3.05) is 0 Å². The quantitative estimate of drug-likeness (QED) is 0.357. The maximum atomic E-state index is 10.8. The summed E-state index contributed by atoms with van der Waals surface area (Å²) in [6.07, 6.45) is -0.771. The van der Waals surface area contributed by atoms with Crippen molar-refractivity contribution in [3.63, 3.8) is 0 Å². The van der Waals surface area contributed by atoms with E-state index in [1.165, 1.54) is 0 Å². The molecule has 2 aliphatic heterocycles. The van der Waals surface area contributed by atoms with E-state index in [1.54, 1.807) is 0 Å². The van der Waals surface area contributed by atoms with Gasteiger partial charge in [-0.25, -0.2) is 4.79 Å². The molecule has 2 heterocycles. The van der Waals surface area contributed by atoms with Crippen LogP contribution < -0.4 is 0 Å². The number of carbonyl (C=O) groups is 2. The molecule has 58 valence electrons. The molecule has 2 saturated heterocycles. The van der Waals surface area contributed by atoms with Crippen molar-refractivity contribution in [3.05, 3.63) is 12.2 Å². The van der Waals surface area contributed by atoms with E-state index in [0.717, 1.165) is 0 Å². The van der Waals surface area contributed by atoms with E-state index in [4.69, 9.17) is 9.47 Å². The fourth-order valence-corrected chi connectivity index (χ4v) is 1.27. The van der Waals surface area contributed by atoms with Crippen molar-refractivity contribution in [3.8, 4) is 0 Å². The summed E-state index contributed by atoms with van der Waals surface area (Å²) in [5.74, 6) is -0.777. The zero-order valence-electron chi connectivity index (χ0n) is 5.70. The van der Waals surface area contributed by atoms with Gasteiger partial charge in [-0.2, -0.15) is 0 Å². The van der Waals surface area contributed by atoms with Gasteiger partial charge in [0.25, 0.3) is 0 Å². The first-order valence-electron chi connectivity index (χ1n) is 3.28. The second kappa shape index (κ2) is 1.84. The van der Waals surface area contributed by atoms with Crippen molar-refractivity contribution in [2.45, 2.75) is 18.6 Å². The first-order valence-corrected chi connectivity index (χ1v) is 3.28. The van der Waals surface area contributed by atoms with Crippen LogP contribution in [-0.4, -0.2) is 24.1 Å². The van der Waals surface area contributed by atoms with Gasteiger partial charge in [0.1, 0.15) is 0 Å². The lowest BCUT2D eigenvalue weighted by atomic mass is 10.1. The topological polar surface area (TPSA) is 52.6 Å². The summed E-state index contributed by atoms with van der Waals surface area (Å²) in [6.45, 7) is 3.46. The van der Waals surface area contributed by atoms with Crippen LogP contribution in [0.4, 0.5) is 0 Å². The highest BCUT2D eigenvalue weighted by atomic mass is 16.6. The van der Waals surface area contributed by atoms with E-state index in [9.17, 15) is 9.59 Å². The van der Waals surface area contributed by atoms with Gasteiger partial charge < -0.3 is 9.47 Å². The average Bonchev–Trinajstić information content (AvgIpc) is 2.37. The Kier molecular flexibility index (Phi) is 1.07. The fraction of sp³-hybridized carbons (Fsp3) is 0.429. The molecular formula is C7H6O4. The highest BCUT2D eigenvalue weighted by Gasteiger charge is 2.47. The van der Waals surface area contributed by atoms with Crippen molar-refractivity contribution in [2.24, 2.45) is 0 Å². The Labute approximate surface area is 62.8 Å². The summed E-state index contributed by atoms with van der Waals surface area (Å²) in [6, 6.07) is 0. The van der Waals surface area contributed by atoms with E-state index < -0.39 is 18.2 Å². The van der Waals surface area contributed by atoms with E-state index in [-0.39, 0.29) is 18.0 Å². The lowest BCUT2D eigenvalue weighted by molar-refractivity contribution is -0.141. The first-order chi connectivity index (χ1) is 5.18. The van der Waals surface area contributed by atoms with Crippen molar-refractivity contribution in [1.82, 2.24) is 0 Å². The van der Waals surface area contributed by atoms with E-state index in [1.807, 2.05) is 0 Å². The third kappa shape index (κ3) is 0.753. The fourth-order valence-electron chi connectivity index (χ4n) is 1.27. The van der Waals surface area contributed by atoms with Crippen LogP contribution in [0.1, 0.15) is 6.42 Å². The zero-order valence-corrected chi connectivity index (χ0v) is 5.70. The molecule has 11 heavy (non-hydrogen) atoms. The molecule has 2 unspecified atom stereocenters. The Morgan fingerprint density at radius 3 is 2.73 bits per heavy atom. The summed E-state index contributed by atoms with van der Waals surface area (Å²) in [4.78, 5) is 21.4. The Balaban J connectivity index is 2.26. The van der Waals surface area contributed by atoms with Crippen molar-refractivity contribution < 1.29 is 19.1 Å². The van der Waals surface area contributed by atoms with Crippen LogP contribution in [-0.2, 0) is 19.1 Å². The monoisotopic (exact) mass is 154 g/mol. The molecule has 0 spiro atoms. The predicted molar refractivity (Wildman–Crippen MR) is 33.5 cm³/mol. The van der Waals surface area contributed by atoms with Crippen molar-refractivity contribution >= 4 is 11.9 Å². The van der Waals surface area contributed by atoms with Crippen LogP contribution in [0.3, 0.4) is 0 Å². The van der Waals surface area contributed by atoms with Gasteiger partial charge in [0.05, 0.1) is 12.0 Å². The van der Waals surface area contributed by atoms with Gasteiger partial charge in [-0.15, -0.1) is 0 Å². The lowest BCUT2D eigenvalue weighted by Gasteiger charge is -2.01. The second-order valence-corrected chi connectivity index (χ2v) is 2.58. The largest absolute Gasteiger partial charge is 0.454 e. The Hall–Kier alpha value is -1.32. The molecule has 0 bridgehead atoms. The van der Waals surface area contributed by atoms with E-state index in [2.05, 4.69) is 6.58 Å². The molecule has 0 amide bonds. The molecule has 4 nitrogen and oxygen atoms in total. The molecule has 0 saturated carbocycles. The molecule has 0 N–H and O–H groups in total. The highest BCUT2D eigenvalue weighted by Crippen LogP contribution is 2.30.